The summed E-state index contributed by atoms with van der Waals surface area (Å²) in [6.45, 7) is 2.09. The summed E-state index contributed by atoms with van der Waals surface area (Å²) in [7, 11) is 2.26. The molecule has 1 aromatic rings. The fourth-order valence-electron chi connectivity index (χ4n) is 3.90. The highest BCUT2D eigenvalue weighted by Gasteiger charge is 2.52. The molecule has 7 heteroatoms. The molecule has 2 saturated heterocycles. The average molecular weight is 352 g/mol. The van der Waals surface area contributed by atoms with Crippen LogP contribution < -0.4 is 0 Å². The summed E-state index contributed by atoms with van der Waals surface area (Å²) in [5.41, 5.74) is 1.59. The van der Waals surface area contributed by atoms with Crippen LogP contribution in [-0.2, 0) is 21.1 Å². The topological polar surface area (TPSA) is 66.9 Å². The van der Waals surface area contributed by atoms with Crippen LogP contribution in [0.4, 0.5) is 0 Å². The second-order valence-corrected chi connectivity index (χ2v) is 9.21. The summed E-state index contributed by atoms with van der Waals surface area (Å²) in [6, 6.07) is 7.40. The molecule has 0 amide bonds. The Bertz CT molecular complexity index is 715. The molecular formula is C17H24N2O4S. The zero-order valence-electron chi connectivity index (χ0n) is 14.3. The Kier molecular flexibility index (Phi) is 4.68. The first-order valence-corrected chi connectivity index (χ1v) is 9.81. The van der Waals surface area contributed by atoms with Crippen LogP contribution >= 0.6 is 0 Å². The van der Waals surface area contributed by atoms with Gasteiger partial charge in [-0.1, -0.05) is 12.1 Å². The summed E-state index contributed by atoms with van der Waals surface area (Å²) in [5, 5.41) is -0.251. The van der Waals surface area contributed by atoms with Gasteiger partial charge in [-0.2, -0.15) is 0 Å². The van der Waals surface area contributed by atoms with Gasteiger partial charge >= 0.3 is 5.97 Å². The summed E-state index contributed by atoms with van der Waals surface area (Å²) in [5.74, 6) is 0.105. The lowest BCUT2D eigenvalue weighted by Gasteiger charge is -2.25. The number of sulfone groups is 1. The third kappa shape index (κ3) is 3.20. The van der Waals surface area contributed by atoms with Gasteiger partial charge in [-0.05, 0) is 31.8 Å². The Labute approximate surface area is 143 Å². The standard InChI is InChI=1S/C17H24N2O4S/c1-18(2)15-11-24(21,22)16-10-19(9-14(15)16)8-12-4-6-13(7-5-12)17(20)23-3/h4-7,14-16H,8-11H2,1-3H3/t14-,15+,16-/m0/s1. The van der Waals surface area contributed by atoms with Crippen molar-refractivity contribution in [3.05, 3.63) is 35.4 Å². The summed E-state index contributed by atoms with van der Waals surface area (Å²) >= 11 is 0. The van der Waals surface area contributed by atoms with Gasteiger partial charge in [0.2, 0.25) is 0 Å². The number of carbonyl (C=O) groups is 1. The van der Waals surface area contributed by atoms with Crippen molar-refractivity contribution in [2.45, 2.75) is 17.8 Å². The lowest BCUT2D eigenvalue weighted by molar-refractivity contribution is 0.0600. The maximum absolute atomic E-state index is 12.4. The van der Waals surface area contributed by atoms with Gasteiger partial charge in [-0.25, -0.2) is 13.2 Å². The summed E-state index contributed by atoms with van der Waals surface area (Å²) < 4.78 is 29.5. The first-order chi connectivity index (χ1) is 11.3. The van der Waals surface area contributed by atoms with E-state index in [0.717, 1.165) is 12.1 Å². The molecule has 2 aliphatic rings. The third-order valence-electron chi connectivity index (χ3n) is 5.19. The van der Waals surface area contributed by atoms with Crippen molar-refractivity contribution < 1.29 is 17.9 Å². The maximum atomic E-state index is 12.4. The minimum absolute atomic E-state index is 0.103. The molecule has 0 unspecified atom stereocenters. The van der Waals surface area contributed by atoms with Gasteiger partial charge in [0.15, 0.2) is 9.84 Å². The van der Waals surface area contributed by atoms with E-state index in [2.05, 4.69) is 4.90 Å². The molecule has 2 fully saturated rings. The van der Waals surface area contributed by atoms with Crippen molar-refractivity contribution >= 4 is 15.8 Å². The molecule has 0 radical (unpaired) electrons. The Balaban J connectivity index is 1.69. The Morgan fingerprint density at radius 3 is 2.50 bits per heavy atom. The molecule has 0 aromatic heterocycles. The number of rotatable bonds is 4. The third-order valence-corrected chi connectivity index (χ3v) is 7.42. The zero-order chi connectivity index (χ0) is 17.5. The molecule has 2 aliphatic heterocycles. The van der Waals surface area contributed by atoms with Gasteiger partial charge in [0.25, 0.3) is 0 Å². The second kappa shape index (κ2) is 6.46. The molecule has 2 heterocycles. The van der Waals surface area contributed by atoms with Gasteiger partial charge in [-0.3, -0.25) is 4.90 Å². The number of hydrogen-bond acceptors (Lipinski definition) is 6. The van der Waals surface area contributed by atoms with Crippen molar-refractivity contribution in [1.29, 1.82) is 0 Å². The van der Waals surface area contributed by atoms with E-state index in [-0.39, 0.29) is 28.9 Å². The fraction of sp³-hybridized carbons (Fsp3) is 0.588. The highest BCUT2D eigenvalue weighted by Crippen LogP contribution is 2.36. The summed E-state index contributed by atoms with van der Waals surface area (Å²) in [4.78, 5) is 15.7. The normalized spacial score (nSPS) is 28.9. The summed E-state index contributed by atoms with van der Waals surface area (Å²) in [6.07, 6.45) is 0. The van der Waals surface area contributed by atoms with E-state index < -0.39 is 9.84 Å². The van der Waals surface area contributed by atoms with E-state index in [4.69, 9.17) is 4.74 Å². The minimum Gasteiger partial charge on any atom is -0.465 e. The van der Waals surface area contributed by atoms with Crippen LogP contribution in [-0.4, -0.2) is 75.5 Å². The van der Waals surface area contributed by atoms with Crippen molar-refractivity contribution in [2.24, 2.45) is 5.92 Å². The Morgan fingerprint density at radius 2 is 1.92 bits per heavy atom. The van der Waals surface area contributed by atoms with E-state index >= 15 is 0 Å². The average Bonchev–Trinajstić information content (AvgIpc) is 3.06. The minimum atomic E-state index is -3.01. The SMILES string of the molecule is COC(=O)c1ccc(CN2C[C@H]3[C@H](N(C)C)CS(=O)(=O)[C@H]3C2)cc1. The number of likely N-dealkylation sites (tertiary alicyclic amines) is 1. The maximum Gasteiger partial charge on any atom is 0.337 e. The van der Waals surface area contributed by atoms with Crippen molar-refractivity contribution in [1.82, 2.24) is 9.80 Å². The number of ether oxygens (including phenoxy) is 1. The Morgan fingerprint density at radius 1 is 1.25 bits per heavy atom. The lowest BCUT2D eigenvalue weighted by Crippen LogP contribution is -2.37. The number of fused-ring (bicyclic) bond motifs is 1. The number of esters is 1. The molecule has 3 rings (SSSR count). The van der Waals surface area contributed by atoms with Gasteiger partial charge in [0.05, 0.1) is 23.7 Å². The molecule has 24 heavy (non-hydrogen) atoms. The molecule has 3 atom stereocenters. The number of carbonyl (C=O) groups excluding carboxylic acids is 1. The predicted octanol–water partition coefficient (Wildman–Crippen LogP) is 0.632. The number of hydrogen-bond donors (Lipinski definition) is 0. The molecule has 0 N–H and O–H groups in total. The van der Waals surface area contributed by atoms with Crippen LogP contribution in [0.25, 0.3) is 0 Å². The van der Waals surface area contributed by atoms with Crippen LogP contribution in [0.2, 0.25) is 0 Å². The highest BCUT2D eigenvalue weighted by molar-refractivity contribution is 7.92. The van der Waals surface area contributed by atoms with Crippen LogP contribution in [0, 0.1) is 5.92 Å². The fourth-order valence-corrected chi connectivity index (χ4v) is 6.40. The van der Waals surface area contributed by atoms with E-state index in [1.807, 2.05) is 31.1 Å². The molecule has 0 bridgehead atoms. The monoisotopic (exact) mass is 352 g/mol. The largest absolute Gasteiger partial charge is 0.465 e. The molecule has 0 saturated carbocycles. The molecule has 6 nitrogen and oxygen atoms in total. The molecule has 0 aliphatic carbocycles. The number of nitrogens with zero attached hydrogens (tertiary/aromatic N) is 2. The molecule has 132 valence electrons. The van der Waals surface area contributed by atoms with Gasteiger partial charge in [-0.15, -0.1) is 0 Å². The van der Waals surface area contributed by atoms with Crippen LogP contribution in [0.15, 0.2) is 24.3 Å². The van der Waals surface area contributed by atoms with Crippen molar-refractivity contribution in [3.63, 3.8) is 0 Å². The highest BCUT2D eigenvalue weighted by atomic mass is 32.2. The van der Waals surface area contributed by atoms with E-state index in [1.54, 1.807) is 12.1 Å². The van der Waals surface area contributed by atoms with E-state index in [1.165, 1.54) is 7.11 Å². The predicted molar refractivity (Wildman–Crippen MR) is 91.6 cm³/mol. The Hall–Kier alpha value is -1.44. The second-order valence-electron chi connectivity index (χ2n) is 6.95. The van der Waals surface area contributed by atoms with Crippen molar-refractivity contribution in [2.75, 3.05) is 40.0 Å². The molecule has 1 aromatic carbocycles. The quantitative estimate of drug-likeness (QED) is 0.741. The van der Waals surface area contributed by atoms with Crippen LogP contribution in [0.3, 0.4) is 0 Å². The first kappa shape index (κ1) is 17.4. The molecule has 0 spiro atoms. The van der Waals surface area contributed by atoms with E-state index in [0.29, 0.717) is 18.7 Å². The number of methoxy groups -OCH3 is 1. The smallest absolute Gasteiger partial charge is 0.337 e. The van der Waals surface area contributed by atoms with Crippen molar-refractivity contribution in [3.8, 4) is 0 Å². The van der Waals surface area contributed by atoms with Crippen LogP contribution in [0.5, 0.6) is 0 Å². The number of benzene rings is 1. The van der Waals surface area contributed by atoms with Crippen LogP contribution in [0.1, 0.15) is 15.9 Å². The zero-order valence-corrected chi connectivity index (χ0v) is 15.1. The lowest BCUT2D eigenvalue weighted by atomic mass is 10.00. The van der Waals surface area contributed by atoms with Gasteiger partial charge < -0.3 is 9.64 Å². The van der Waals surface area contributed by atoms with Gasteiger partial charge in [0.1, 0.15) is 0 Å². The molecular weight excluding hydrogens is 328 g/mol. The van der Waals surface area contributed by atoms with Gasteiger partial charge in [0, 0.05) is 31.6 Å². The first-order valence-electron chi connectivity index (χ1n) is 8.09. The van der Waals surface area contributed by atoms with E-state index in [9.17, 15) is 13.2 Å².